The van der Waals surface area contributed by atoms with Crippen molar-refractivity contribution >= 4 is 16.6 Å². The molecule has 0 spiro atoms. The molecule has 5 heteroatoms. The van der Waals surface area contributed by atoms with Crippen molar-refractivity contribution in [3.05, 3.63) is 48.8 Å². The third kappa shape index (κ3) is 2.21. The Balaban J connectivity index is 2.08. The lowest BCUT2D eigenvalue weighted by Crippen LogP contribution is -1.94. The summed E-state index contributed by atoms with van der Waals surface area (Å²) in [6, 6.07) is 12.8. The van der Waals surface area contributed by atoms with Crippen LogP contribution < -0.4 is 15.2 Å². The van der Waals surface area contributed by atoms with Crippen molar-refractivity contribution in [2.45, 2.75) is 0 Å². The van der Waals surface area contributed by atoms with E-state index in [0.717, 1.165) is 10.9 Å². The average Bonchev–Trinajstić information content (AvgIpc) is 2.48. The van der Waals surface area contributed by atoms with Gasteiger partial charge in [-0.25, -0.2) is 9.97 Å². The second-order valence-corrected chi connectivity index (χ2v) is 4.21. The van der Waals surface area contributed by atoms with E-state index in [9.17, 15) is 0 Å². The summed E-state index contributed by atoms with van der Waals surface area (Å²) in [4.78, 5) is 8.36. The summed E-state index contributed by atoms with van der Waals surface area (Å²) < 4.78 is 11.1. The van der Waals surface area contributed by atoms with Crippen LogP contribution in [0.3, 0.4) is 0 Å². The Hall–Kier alpha value is -2.82. The van der Waals surface area contributed by atoms with Crippen LogP contribution in [0.2, 0.25) is 0 Å². The zero-order valence-electron chi connectivity index (χ0n) is 10.9. The molecule has 3 rings (SSSR count). The number of para-hydroxylation sites is 2. The third-order valence-electron chi connectivity index (χ3n) is 2.90. The molecule has 0 amide bonds. The predicted molar refractivity (Wildman–Crippen MR) is 77.0 cm³/mol. The minimum Gasteiger partial charge on any atom is -0.493 e. The number of nitrogen functional groups attached to an aromatic ring is 1. The van der Waals surface area contributed by atoms with E-state index in [-0.39, 0.29) is 0 Å². The quantitative estimate of drug-likeness (QED) is 0.739. The van der Waals surface area contributed by atoms with Crippen molar-refractivity contribution in [1.29, 1.82) is 0 Å². The molecule has 20 heavy (non-hydrogen) atoms. The fraction of sp³-hybridized carbons (Fsp3) is 0.0667. The van der Waals surface area contributed by atoms with Crippen LogP contribution >= 0.6 is 0 Å². The van der Waals surface area contributed by atoms with Crippen LogP contribution in [0, 0.1) is 0 Å². The summed E-state index contributed by atoms with van der Waals surface area (Å²) in [5.41, 5.74) is 7.22. The summed E-state index contributed by atoms with van der Waals surface area (Å²) in [7, 11) is 1.60. The van der Waals surface area contributed by atoms with Crippen molar-refractivity contribution in [2.24, 2.45) is 0 Å². The highest BCUT2D eigenvalue weighted by atomic mass is 16.5. The van der Waals surface area contributed by atoms with Crippen LogP contribution in [0.4, 0.5) is 5.69 Å². The van der Waals surface area contributed by atoms with Crippen LogP contribution in [0.15, 0.2) is 48.8 Å². The second kappa shape index (κ2) is 5.05. The monoisotopic (exact) mass is 267 g/mol. The molecule has 0 radical (unpaired) electrons. The van der Waals surface area contributed by atoms with Gasteiger partial charge < -0.3 is 15.2 Å². The van der Waals surface area contributed by atoms with Gasteiger partial charge in [0.25, 0.3) is 0 Å². The van der Waals surface area contributed by atoms with Gasteiger partial charge in [0.1, 0.15) is 6.33 Å². The van der Waals surface area contributed by atoms with Crippen LogP contribution in [0.25, 0.3) is 10.9 Å². The number of benzene rings is 2. The Bertz CT molecular complexity index is 759. The molecule has 1 heterocycles. The number of methoxy groups -OCH3 is 1. The lowest BCUT2D eigenvalue weighted by molar-refractivity contribution is 0.375. The van der Waals surface area contributed by atoms with Gasteiger partial charge in [0.15, 0.2) is 11.5 Å². The standard InChI is InChI=1S/C15H13N3O2/c1-19-13-4-2-3-5-14(13)20-15-11-8-10(16)6-7-12(11)17-9-18-15/h2-9H,16H2,1H3. The van der Waals surface area contributed by atoms with Crippen molar-refractivity contribution in [3.8, 4) is 17.4 Å². The molecule has 100 valence electrons. The lowest BCUT2D eigenvalue weighted by Gasteiger charge is -2.10. The number of nitrogens with two attached hydrogens (primary N) is 1. The molecule has 3 aromatic rings. The molecule has 5 nitrogen and oxygen atoms in total. The van der Waals surface area contributed by atoms with E-state index in [1.165, 1.54) is 6.33 Å². The van der Waals surface area contributed by atoms with E-state index < -0.39 is 0 Å². The van der Waals surface area contributed by atoms with Crippen LogP contribution in [0.5, 0.6) is 17.4 Å². The molecule has 0 aliphatic heterocycles. The molecular formula is C15H13N3O2. The Morgan fingerprint density at radius 2 is 1.80 bits per heavy atom. The molecule has 0 saturated heterocycles. The maximum Gasteiger partial charge on any atom is 0.230 e. The van der Waals surface area contributed by atoms with Crippen LogP contribution in [0.1, 0.15) is 0 Å². The summed E-state index contributed by atoms with van der Waals surface area (Å²) in [5.74, 6) is 1.69. The largest absolute Gasteiger partial charge is 0.493 e. The zero-order chi connectivity index (χ0) is 13.9. The van der Waals surface area contributed by atoms with Gasteiger partial charge in [-0.3, -0.25) is 0 Å². The highest BCUT2D eigenvalue weighted by Gasteiger charge is 2.09. The minimum absolute atomic E-state index is 0.451. The number of hydrogen-bond acceptors (Lipinski definition) is 5. The molecular weight excluding hydrogens is 254 g/mol. The first-order valence-electron chi connectivity index (χ1n) is 6.09. The molecule has 0 unspecified atom stereocenters. The van der Waals surface area contributed by atoms with Gasteiger partial charge in [-0.05, 0) is 30.3 Å². The van der Waals surface area contributed by atoms with E-state index in [4.69, 9.17) is 15.2 Å². The zero-order valence-corrected chi connectivity index (χ0v) is 10.9. The van der Waals surface area contributed by atoms with E-state index in [2.05, 4.69) is 9.97 Å². The maximum absolute atomic E-state index is 5.84. The van der Waals surface area contributed by atoms with Gasteiger partial charge in [0, 0.05) is 5.69 Å². The van der Waals surface area contributed by atoms with Crippen LogP contribution in [-0.2, 0) is 0 Å². The average molecular weight is 267 g/mol. The number of ether oxygens (including phenoxy) is 2. The van der Waals surface area contributed by atoms with Crippen molar-refractivity contribution < 1.29 is 9.47 Å². The van der Waals surface area contributed by atoms with Gasteiger partial charge in [-0.1, -0.05) is 12.1 Å². The number of nitrogens with zero attached hydrogens (tertiary/aromatic N) is 2. The lowest BCUT2D eigenvalue weighted by atomic mass is 10.2. The van der Waals surface area contributed by atoms with Crippen molar-refractivity contribution in [3.63, 3.8) is 0 Å². The van der Waals surface area contributed by atoms with E-state index in [0.29, 0.717) is 23.1 Å². The van der Waals surface area contributed by atoms with Crippen LogP contribution in [-0.4, -0.2) is 17.1 Å². The van der Waals surface area contributed by atoms with E-state index in [1.54, 1.807) is 19.2 Å². The Kier molecular flexibility index (Phi) is 3.09. The molecule has 2 N–H and O–H groups in total. The molecule has 0 aliphatic carbocycles. The first kappa shape index (κ1) is 12.2. The molecule has 0 fully saturated rings. The van der Waals surface area contributed by atoms with E-state index in [1.807, 2.05) is 30.3 Å². The third-order valence-corrected chi connectivity index (χ3v) is 2.90. The minimum atomic E-state index is 0.451. The Morgan fingerprint density at radius 3 is 2.60 bits per heavy atom. The van der Waals surface area contributed by atoms with Gasteiger partial charge in [-0.15, -0.1) is 0 Å². The van der Waals surface area contributed by atoms with Gasteiger partial charge >= 0.3 is 0 Å². The number of aromatic nitrogens is 2. The fourth-order valence-corrected chi connectivity index (χ4v) is 1.94. The number of hydrogen-bond donors (Lipinski definition) is 1. The number of rotatable bonds is 3. The highest BCUT2D eigenvalue weighted by Crippen LogP contribution is 2.33. The molecule has 0 atom stereocenters. The fourth-order valence-electron chi connectivity index (χ4n) is 1.94. The summed E-state index contributed by atoms with van der Waals surface area (Å²) in [6.07, 6.45) is 1.46. The number of fused-ring (bicyclic) bond motifs is 1. The SMILES string of the molecule is COc1ccccc1Oc1ncnc2ccc(N)cc12. The predicted octanol–water partition coefficient (Wildman–Crippen LogP) is 3.01. The molecule has 2 aromatic carbocycles. The summed E-state index contributed by atoms with van der Waals surface area (Å²) >= 11 is 0. The summed E-state index contributed by atoms with van der Waals surface area (Å²) in [5, 5.41) is 0.762. The van der Waals surface area contributed by atoms with Gasteiger partial charge in [0.2, 0.25) is 5.88 Å². The normalized spacial score (nSPS) is 10.4. The Morgan fingerprint density at radius 1 is 1.00 bits per heavy atom. The molecule has 1 aromatic heterocycles. The highest BCUT2D eigenvalue weighted by molar-refractivity contribution is 5.86. The topological polar surface area (TPSA) is 70.3 Å². The first-order chi connectivity index (χ1) is 9.78. The van der Waals surface area contributed by atoms with Crippen molar-refractivity contribution in [2.75, 3.05) is 12.8 Å². The molecule has 0 bridgehead atoms. The van der Waals surface area contributed by atoms with E-state index >= 15 is 0 Å². The maximum atomic E-state index is 5.84. The van der Waals surface area contributed by atoms with Gasteiger partial charge in [0.05, 0.1) is 18.0 Å². The van der Waals surface area contributed by atoms with Crippen molar-refractivity contribution in [1.82, 2.24) is 9.97 Å². The number of anilines is 1. The summed E-state index contributed by atoms with van der Waals surface area (Å²) in [6.45, 7) is 0. The smallest absolute Gasteiger partial charge is 0.230 e. The Labute approximate surface area is 116 Å². The molecule has 0 saturated carbocycles. The first-order valence-corrected chi connectivity index (χ1v) is 6.09. The second-order valence-electron chi connectivity index (χ2n) is 4.21. The van der Waals surface area contributed by atoms with Gasteiger partial charge in [-0.2, -0.15) is 0 Å². The molecule has 0 aliphatic rings.